The molecule has 4 nitrogen and oxygen atoms in total. The fourth-order valence-electron chi connectivity index (χ4n) is 2.75. The van der Waals surface area contributed by atoms with Gasteiger partial charge in [0.25, 0.3) is 0 Å². The molecule has 1 fully saturated rings. The van der Waals surface area contributed by atoms with Crippen molar-refractivity contribution in [2.75, 3.05) is 19.6 Å². The second-order valence-corrected chi connectivity index (χ2v) is 5.94. The zero-order valence-corrected chi connectivity index (χ0v) is 12.8. The molecule has 0 spiro atoms. The summed E-state index contributed by atoms with van der Waals surface area (Å²) in [6, 6.07) is 0.370. The van der Waals surface area contributed by atoms with E-state index in [9.17, 15) is 9.59 Å². The molecule has 1 unspecified atom stereocenters. The Morgan fingerprint density at radius 2 is 2.00 bits per heavy atom. The highest BCUT2D eigenvalue weighted by Gasteiger charge is 2.27. The molecule has 0 aromatic rings. The molecule has 1 aliphatic heterocycles. The minimum Gasteiger partial charge on any atom is -0.338 e. The van der Waals surface area contributed by atoms with Gasteiger partial charge in [0.2, 0.25) is 11.8 Å². The van der Waals surface area contributed by atoms with Gasteiger partial charge in [-0.05, 0) is 31.6 Å². The molecule has 2 amide bonds. The van der Waals surface area contributed by atoms with E-state index in [0.717, 1.165) is 25.8 Å². The summed E-state index contributed by atoms with van der Waals surface area (Å²) in [6.07, 6.45) is 4.42. The van der Waals surface area contributed by atoms with Crippen LogP contribution in [0.3, 0.4) is 0 Å². The summed E-state index contributed by atoms with van der Waals surface area (Å²) < 4.78 is 0. The summed E-state index contributed by atoms with van der Waals surface area (Å²) >= 11 is 0. The molecule has 1 heterocycles. The molecule has 1 aliphatic rings. The Morgan fingerprint density at radius 1 is 1.32 bits per heavy atom. The van der Waals surface area contributed by atoms with Gasteiger partial charge in [-0.25, -0.2) is 0 Å². The molecule has 4 heteroatoms. The minimum atomic E-state index is -0.00731. The molecule has 0 radical (unpaired) electrons. The Hall–Kier alpha value is -1.06. The van der Waals surface area contributed by atoms with Crippen LogP contribution in [0.4, 0.5) is 0 Å². The van der Waals surface area contributed by atoms with E-state index in [2.05, 4.69) is 20.8 Å². The minimum absolute atomic E-state index is 0.00731. The summed E-state index contributed by atoms with van der Waals surface area (Å²) in [4.78, 5) is 27.7. The predicted octanol–water partition coefficient (Wildman–Crippen LogP) is 2.28. The maximum atomic E-state index is 12.4. The molecular weight excluding hydrogens is 240 g/mol. The number of carbonyl (C=O) groups is 2. The van der Waals surface area contributed by atoms with Crippen LogP contribution < -0.4 is 0 Å². The molecule has 110 valence electrons. The number of likely N-dealkylation sites (tertiary alicyclic amines) is 1. The number of amides is 2. The lowest BCUT2D eigenvalue weighted by Crippen LogP contribution is -2.49. The SMILES string of the molecule is CCC1CCCCN1C(=O)CN(CC(C)C)C(C)=O. The van der Waals surface area contributed by atoms with Gasteiger partial charge in [0, 0.05) is 26.1 Å². The van der Waals surface area contributed by atoms with Crippen LogP contribution in [0.15, 0.2) is 0 Å². The third-order valence-corrected chi connectivity index (χ3v) is 3.78. The van der Waals surface area contributed by atoms with Crippen LogP contribution in [-0.4, -0.2) is 47.3 Å². The number of hydrogen-bond donors (Lipinski definition) is 0. The van der Waals surface area contributed by atoms with E-state index in [1.165, 1.54) is 6.42 Å². The van der Waals surface area contributed by atoms with E-state index in [4.69, 9.17) is 0 Å². The molecule has 1 atom stereocenters. The van der Waals surface area contributed by atoms with Gasteiger partial charge in [0.15, 0.2) is 0 Å². The molecule has 0 aromatic carbocycles. The largest absolute Gasteiger partial charge is 0.338 e. The molecule has 1 rings (SSSR count). The van der Waals surface area contributed by atoms with Gasteiger partial charge in [-0.3, -0.25) is 9.59 Å². The van der Waals surface area contributed by atoms with Crippen LogP contribution in [0, 0.1) is 5.92 Å². The first-order chi connectivity index (χ1) is 8.95. The summed E-state index contributed by atoms with van der Waals surface area (Å²) in [5.41, 5.74) is 0. The molecule has 0 aliphatic carbocycles. The van der Waals surface area contributed by atoms with Crippen LogP contribution in [0.2, 0.25) is 0 Å². The van der Waals surface area contributed by atoms with Gasteiger partial charge in [-0.15, -0.1) is 0 Å². The van der Waals surface area contributed by atoms with E-state index < -0.39 is 0 Å². The average molecular weight is 268 g/mol. The van der Waals surface area contributed by atoms with Gasteiger partial charge in [-0.1, -0.05) is 20.8 Å². The van der Waals surface area contributed by atoms with E-state index in [-0.39, 0.29) is 18.4 Å². The maximum Gasteiger partial charge on any atom is 0.242 e. The van der Waals surface area contributed by atoms with Crippen molar-refractivity contribution in [1.29, 1.82) is 0 Å². The molecule has 0 N–H and O–H groups in total. The molecular formula is C15H28N2O2. The summed E-state index contributed by atoms with van der Waals surface area (Å²) in [5.74, 6) is 0.495. The fourth-order valence-corrected chi connectivity index (χ4v) is 2.75. The summed E-state index contributed by atoms with van der Waals surface area (Å²) in [5, 5.41) is 0. The monoisotopic (exact) mass is 268 g/mol. The number of nitrogens with zero attached hydrogens (tertiary/aromatic N) is 2. The van der Waals surface area contributed by atoms with Gasteiger partial charge in [0.1, 0.15) is 0 Å². The van der Waals surface area contributed by atoms with Crippen LogP contribution in [0.5, 0.6) is 0 Å². The lowest BCUT2D eigenvalue weighted by molar-refractivity contribution is -0.142. The number of hydrogen-bond acceptors (Lipinski definition) is 2. The van der Waals surface area contributed by atoms with Gasteiger partial charge >= 0.3 is 0 Å². The number of rotatable bonds is 5. The highest BCUT2D eigenvalue weighted by atomic mass is 16.2. The zero-order chi connectivity index (χ0) is 14.4. The molecule has 0 aromatic heterocycles. The van der Waals surface area contributed by atoms with Crippen molar-refractivity contribution in [2.45, 2.75) is 59.4 Å². The maximum absolute atomic E-state index is 12.4. The Bertz CT molecular complexity index is 315. The Balaban J connectivity index is 2.62. The van der Waals surface area contributed by atoms with Crippen molar-refractivity contribution in [3.8, 4) is 0 Å². The third-order valence-electron chi connectivity index (χ3n) is 3.78. The lowest BCUT2D eigenvalue weighted by Gasteiger charge is -2.36. The smallest absolute Gasteiger partial charge is 0.242 e. The molecule has 0 saturated carbocycles. The van der Waals surface area contributed by atoms with Crippen molar-refractivity contribution >= 4 is 11.8 Å². The molecule has 0 bridgehead atoms. The van der Waals surface area contributed by atoms with Crippen LogP contribution in [0.25, 0.3) is 0 Å². The summed E-state index contributed by atoms with van der Waals surface area (Å²) in [6.45, 7) is 9.56. The summed E-state index contributed by atoms with van der Waals surface area (Å²) in [7, 11) is 0. The molecule has 19 heavy (non-hydrogen) atoms. The highest BCUT2D eigenvalue weighted by molar-refractivity contribution is 5.84. The van der Waals surface area contributed by atoms with Gasteiger partial charge in [-0.2, -0.15) is 0 Å². The van der Waals surface area contributed by atoms with Crippen LogP contribution >= 0.6 is 0 Å². The highest BCUT2D eigenvalue weighted by Crippen LogP contribution is 2.19. The number of piperidine rings is 1. The second kappa shape index (κ2) is 7.51. The first-order valence-corrected chi connectivity index (χ1v) is 7.50. The van der Waals surface area contributed by atoms with E-state index in [1.54, 1.807) is 11.8 Å². The van der Waals surface area contributed by atoms with E-state index >= 15 is 0 Å². The quantitative estimate of drug-likeness (QED) is 0.767. The zero-order valence-electron chi connectivity index (χ0n) is 12.8. The Labute approximate surface area is 117 Å². The van der Waals surface area contributed by atoms with Crippen molar-refractivity contribution in [1.82, 2.24) is 9.80 Å². The van der Waals surface area contributed by atoms with Crippen molar-refractivity contribution in [3.63, 3.8) is 0 Å². The lowest BCUT2D eigenvalue weighted by atomic mass is 10.00. The average Bonchev–Trinajstić information content (AvgIpc) is 2.37. The van der Waals surface area contributed by atoms with Crippen LogP contribution in [0.1, 0.15) is 53.4 Å². The van der Waals surface area contributed by atoms with Gasteiger partial charge < -0.3 is 9.80 Å². The van der Waals surface area contributed by atoms with Crippen molar-refractivity contribution in [3.05, 3.63) is 0 Å². The van der Waals surface area contributed by atoms with Crippen molar-refractivity contribution < 1.29 is 9.59 Å². The molecule has 1 saturated heterocycles. The van der Waals surface area contributed by atoms with Gasteiger partial charge in [0.05, 0.1) is 6.54 Å². The first-order valence-electron chi connectivity index (χ1n) is 7.50. The van der Waals surface area contributed by atoms with E-state index in [1.807, 2.05) is 4.90 Å². The second-order valence-electron chi connectivity index (χ2n) is 5.94. The van der Waals surface area contributed by atoms with E-state index in [0.29, 0.717) is 18.5 Å². The number of carbonyl (C=O) groups excluding carboxylic acids is 2. The normalized spacial score (nSPS) is 19.6. The standard InChI is InChI=1S/C15H28N2O2/c1-5-14-8-6-7-9-17(14)15(19)11-16(13(4)18)10-12(2)3/h12,14H,5-11H2,1-4H3. The topological polar surface area (TPSA) is 40.6 Å². The van der Waals surface area contributed by atoms with Crippen molar-refractivity contribution in [2.24, 2.45) is 5.92 Å². The first kappa shape index (κ1) is 16.0. The van der Waals surface area contributed by atoms with Crippen LogP contribution in [-0.2, 0) is 9.59 Å². The third kappa shape index (κ3) is 4.84. The Morgan fingerprint density at radius 3 is 2.53 bits per heavy atom. The Kier molecular flexibility index (Phi) is 6.32. The predicted molar refractivity (Wildman–Crippen MR) is 76.7 cm³/mol. The fraction of sp³-hybridized carbons (Fsp3) is 0.867.